The Hall–Kier alpha value is -2.92. The van der Waals surface area contributed by atoms with Gasteiger partial charge in [0.25, 0.3) is 0 Å². The monoisotopic (exact) mass is 497 g/mol. The van der Waals surface area contributed by atoms with E-state index in [9.17, 15) is 4.79 Å². The van der Waals surface area contributed by atoms with Gasteiger partial charge in [-0.3, -0.25) is 4.79 Å². The smallest absolute Gasteiger partial charge is 0.243 e. The minimum atomic E-state index is -0.225. The molecule has 2 aliphatic carbocycles. The summed E-state index contributed by atoms with van der Waals surface area (Å²) in [6, 6.07) is 23.3. The predicted molar refractivity (Wildman–Crippen MR) is 149 cm³/mol. The van der Waals surface area contributed by atoms with Crippen LogP contribution in [0.15, 0.2) is 66.7 Å². The molecule has 2 aromatic carbocycles. The van der Waals surface area contributed by atoms with Crippen molar-refractivity contribution in [3.05, 3.63) is 66.7 Å². The molecule has 1 amide bonds. The van der Waals surface area contributed by atoms with Crippen molar-refractivity contribution in [1.29, 1.82) is 0 Å². The number of rotatable bonds is 6. The molecule has 6 rings (SSSR count). The molecular weight excluding hydrogens is 462 g/mol. The Labute approximate surface area is 217 Å². The van der Waals surface area contributed by atoms with Crippen molar-refractivity contribution in [3.63, 3.8) is 0 Å². The van der Waals surface area contributed by atoms with Gasteiger partial charge in [0, 0.05) is 10.9 Å². The van der Waals surface area contributed by atoms with Gasteiger partial charge in [0.2, 0.25) is 5.91 Å². The average molecular weight is 498 g/mol. The Kier molecular flexibility index (Phi) is 6.91. The summed E-state index contributed by atoms with van der Waals surface area (Å²) >= 11 is 1.76. The summed E-state index contributed by atoms with van der Waals surface area (Å²) in [4.78, 5) is 21.6. The Morgan fingerprint density at radius 2 is 1.47 bits per heavy atom. The van der Waals surface area contributed by atoms with Crippen LogP contribution in [0.5, 0.6) is 0 Å². The fraction of sp³-hybridized carbons (Fsp3) is 0.419. The Balaban J connectivity index is 1.44. The second kappa shape index (κ2) is 10.6. The van der Waals surface area contributed by atoms with Crippen molar-refractivity contribution in [1.82, 2.24) is 14.9 Å². The minimum absolute atomic E-state index is 0.193. The Morgan fingerprint density at radius 1 is 0.806 bits per heavy atom. The molecule has 0 bridgehead atoms. The standard InChI is InChI=1S/C31H35N3OS/c35-31(32-24-16-8-3-9-17-24)29(23-14-6-2-7-15-23)34-26-19-11-10-18-25(26)33-30(34)28-21-20-27(36-28)22-12-4-1-5-13-22/h1,4-5,10-13,18-21,23-24,29H,2-3,6-9,14-17H2,(H,32,35)/t29-/m0/s1. The molecule has 0 radical (unpaired) electrons. The first-order valence-corrected chi connectivity index (χ1v) is 14.5. The van der Waals surface area contributed by atoms with Gasteiger partial charge in [-0.1, -0.05) is 81.0 Å². The topological polar surface area (TPSA) is 46.9 Å². The number of benzene rings is 2. The normalized spacial score (nSPS) is 18.3. The van der Waals surface area contributed by atoms with E-state index in [1.807, 2.05) is 6.07 Å². The summed E-state index contributed by atoms with van der Waals surface area (Å²) in [5, 5.41) is 3.49. The summed E-state index contributed by atoms with van der Waals surface area (Å²) in [6.45, 7) is 0. The zero-order valence-corrected chi connectivity index (χ0v) is 21.7. The van der Waals surface area contributed by atoms with E-state index in [2.05, 4.69) is 70.5 Å². The molecule has 1 atom stereocenters. The van der Waals surface area contributed by atoms with E-state index < -0.39 is 0 Å². The van der Waals surface area contributed by atoms with Crippen molar-refractivity contribution in [2.24, 2.45) is 5.92 Å². The number of para-hydroxylation sites is 2. The van der Waals surface area contributed by atoms with E-state index in [-0.39, 0.29) is 11.9 Å². The van der Waals surface area contributed by atoms with E-state index in [4.69, 9.17) is 4.98 Å². The van der Waals surface area contributed by atoms with Gasteiger partial charge < -0.3 is 9.88 Å². The predicted octanol–water partition coefficient (Wildman–Crippen LogP) is 8.00. The number of fused-ring (bicyclic) bond motifs is 1. The molecule has 1 N–H and O–H groups in total. The van der Waals surface area contributed by atoms with Crippen LogP contribution in [0.3, 0.4) is 0 Å². The van der Waals surface area contributed by atoms with Crippen LogP contribution in [0.4, 0.5) is 0 Å². The van der Waals surface area contributed by atoms with E-state index in [0.29, 0.717) is 12.0 Å². The quantitative estimate of drug-likeness (QED) is 0.293. The summed E-state index contributed by atoms with van der Waals surface area (Å²) in [6.07, 6.45) is 11.8. The van der Waals surface area contributed by atoms with Crippen molar-refractivity contribution in [3.8, 4) is 21.1 Å². The van der Waals surface area contributed by atoms with E-state index in [1.165, 1.54) is 49.0 Å². The summed E-state index contributed by atoms with van der Waals surface area (Å²) < 4.78 is 2.30. The van der Waals surface area contributed by atoms with Crippen LogP contribution in [0.2, 0.25) is 0 Å². The van der Waals surface area contributed by atoms with Crippen LogP contribution in [0.25, 0.3) is 32.2 Å². The number of aromatic nitrogens is 2. The van der Waals surface area contributed by atoms with Crippen molar-refractivity contribution in [2.75, 3.05) is 0 Å². The lowest BCUT2D eigenvalue weighted by atomic mass is 9.82. The molecule has 0 spiro atoms. The Bertz CT molecular complexity index is 1310. The second-order valence-corrected chi connectivity index (χ2v) is 11.6. The average Bonchev–Trinajstić information content (AvgIpc) is 3.56. The van der Waals surface area contributed by atoms with Crippen molar-refractivity contribution >= 4 is 28.3 Å². The van der Waals surface area contributed by atoms with Crippen LogP contribution >= 0.6 is 11.3 Å². The molecule has 36 heavy (non-hydrogen) atoms. The maximum absolute atomic E-state index is 14.1. The molecule has 5 heteroatoms. The highest BCUT2D eigenvalue weighted by atomic mass is 32.1. The number of carbonyl (C=O) groups excluding carboxylic acids is 1. The Morgan fingerprint density at radius 3 is 2.25 bits per heavy atom. The number of imidazole rings is 1. The van der Waals surface area contributed by atoms with Gasteiger partial charge in [-0.2, -0.15) is 0 Å². The lowest BCUT2D eigenvalue weighted by Crippen LogP contribution is -2.43. The summed E-state index contributed by atoms with van der Waals surface area (Å²) in [5.41, 5.74) is 3.25. The van der Waals surface area contributed by atoms with Crippen LogP contribution in [0, 0.1) is 5.92 Å². The third-order valence-corrected chi connectivity index (χ3v) is 9.21. The number of hydrogen-bond acceptors (Lipinski definition) is 3. The highest BCUT2D eigenvalue weighted by Crippen LogP contribution is 2.41. The zero-order chi connectivity index (χ0) is 24.3. The molecule has 2 aliphatic rings. The second-order valence-electron chi connectivity index (χ2n) is 10.5. The highest BCUT2D eigenvalue weighted by Gasteiger charge is 2.35. The molecule has 2 saturated carbocycles. The zero-order valence-electron chi connectivity index (χ0n) is 20.9. The fourth-order valence-corrected chi connectivity index (χ4v) is 7.24. The van der Waals surface area contributed by atoms with Gasteiger partial charge in [0.1, 0.15) is 6.04 Å². The van der Waals surface area contributed by atoms with Gasteiger partial charge in [0.15, 0.2) is 5.82 Å². The minimum Gasteiger partial charge on any atom is -0.352 e. The first-order chi connectivity index (χ1) is 17.8. The van der Waals surface area contributed by atoms with E-state index in [1.54, 1.807) is 11.3 Å². The van der Waals surface area contributed by atoms with Crippen molar-refractivity contribution in [2.45, 2.75) is 76.3 Å². The molecule has 0 aliphatic heterocycles. The van der Waals surface area contributed by atoms with Gasteiger partial charge in [0.05, 0.1) is 15.9 Å². The van der Waals surface area contributed by atoms with Crippen LogP contribution in [0.1, 0.15) is 70.3 Å². The lowest BCUT2D eigenvalue weighted by Gasteiger charge is -2.33. The SMILES string of the molecule is O=C(NC1CCCCC1)[C@H](C1CCCCC1)n1c(-c2ccc(-c3ccccc3)s2)nc2ccccc21. The highest BCUT2D eigenvalue weighted by molar-refractivity contribution is 7.18. The molecule has 0 unspecified atom stereocenters. The number of hydrogen-bond donors (Lipinski definition) is 1. The maximum atomic E-state index is 14.1. The maximum Gasteiger partial charge on any atom is 0.243 e. The largest absolute Gasteiger partial charge is 0.352 e. The number of amides is 1. The summed E-state index contributed by atoms with van der Waals surface area (Å²) in [7, 11) is 0. The first kappa shape index (κ1) is 23.5. The number of nitrogens with zero attached hydrogens (tertiary/aromatic N) is 2. The van der Waals surface area contributed by atoms with Gasteiger partial charge in [-0.25, -0.2) is 4.98 Å². The van der Waals surface area contributed by atoms with Gasteiger partial charge in [-0.05, 0) is 61.4 Å². The molecule has 186 valence electrons. The number of thiophene rings is 1. The van der Waals surface area contributed by atoms with Gasteiger partial charge in [-0.15, -0.1) is 11.3 Å². The number of nitrogens with one attached hydrogen (secondary N) is 1. The molecule has 2 aromatic heterocycles. The van der Waals surface area contributed by atoms with Crippen LogP contribution < -0.4 is 5.32 Å². The molecule has 4 nitrogen and oxygen atoms in total. The molecule has 2 fully saturated rings. The first-order valence-electron chi connectivity index (χ1n) is 13.7. The third-order valence-electron chi connectivity index (χ3n) is 8.08. The summed E-state index contributed by atoms with van der Waals surface area (Å²) in [5.74, 6) is 1.46. The molecule has 4 aromatic rings. The lowest BCUT2D eigenvalue weighted by molar-refractivity contribution is -0.127. The van der Waals surface area contributed by atoms with Gasteiger partial charge >= 0.3 is 0 Å². The van der Waals surface area contributed by atoms with E-state index >= 15 is 0 Å². The number of carbonyl (C=O) groups is 1. The third kappa shape index (κ3) is 4.73. The fourth-order valence-electron chi connectivity index (χ4n) is 6.24. The van der Waals surface area contributed by atoms with Crippen LogP contribution in [-0.2, 0) is 4.79 Å². The molecule has 0 saturated heterocycles. The van der Waals surface area contributed by atoms with E-state index in [0.717, 1.165) is 47.4 Å². The van der Waals surface area contributed by atoms with Crippen LogP contribution in [-0.4, -0.2) is 21.5 Å². The molecular formula is C31H35N3OS. The molecule has 2 heterocycles. The van der Waals surface area contributed by atoms with Crippen molar-refractivity contribution < 1.29 is 4.79 Å².